The zero-order chi connectivity index (χ0) is 9.56. The van der Waals surface area contributed by atoms with Crippen molar-refractivity contribution < 1.29 is 4.79 Å². The van der Waals surface area contributed by atoms with Gasteiger partial charge >= 0.3 is 0 Å². The van der Waals surface area contributed by atoms with Crippen molar-refractivity contribution in [3.05, 3.63) is 11.6 Å². The third-order valence-electron chi connectivity index (χ3n) is 1.90. The molecule has 0 unspecified atom stereocenters. The third kappa shape index (κ3) is 3.07. The fourth-order valence-electron chi connectivity index (χ4n) is 1.15. The first-order valence-electron chi connectivity index (χ1n) is 4.63. The van der Waals surface area contributed by atoms with Crippen LogP contribution in [0.1, 0.15) is 34.1 Å². The average Bonchev–Trinajstić information content (AvgIpc) is 2.07. The summed E-state index contributed by atoms with van der Waals surface area (Å²) in [6, 6.07) is 0. The average molecular weight is 169 g/mol. The summed E-state index contributed by atoms with van der Waals surface area (Å²) >= 11 is 0. The Morgan fingerprint density at radius 2 is 1.75 bits per heavy atom. The highest BCUT2D eigenvalue weighted by Crippen LogP contribution is 2.01. The molecule has 0 aromatic rings. The number of nitrogens with zero attached hydrogens (tertiary/aromatic N) is 1. The van der Waals surface area contributed by atoms with Gasteiger partial charge in [0, 0.05) is 18.7 Å². The predicted octanol–water partition coefficient (Wildman–Crippen LogP) is 2.21. The molecule has 2 heteroatoms. The summed E-state index contributed by atoms with van der Waals surface area (Å²) < 4.78 is 0. The van der Waals surface area contributed by atoms with Gasteiger partial charge in [-0.05, 0) is 27.2 Å². The summed E-state index contributed by atoms with van der Waals surface area (Å²) in [7, 11) is 0. The molecule has 0 N–H and O–H groups in total. The van der Waals surface area contributed by atoms with Crippen molar-refractivity contribution in [2.24, 2.45) is 0 Å². The number of likely N-dealkylation sites (N-methyl/N-ethyl adjacent to an activating group) is 1. The van der Waals surface area contributed by atoms with Gasteiger partial charge in [0.1, 0.15) is 0 Å². The number of hydrogen-bond acceptors (Lipinski definition) is 1. The van der Waals surface area contributed by atoms with Crippen LogP contribution >= 0.6 is 0 Å². The molecule has 0 saturated heterocycles. The van der Waals surface area contributed by atoms with Gasteiger partial charge in [-0.1, -0.05) is 13.0 Å². The smallest absolute Gasteiger partial charge is 0.249 e. The zero-order valence-electron chi connectivity index (χ0n) is 8.55. The van der Waals surface area contributed by atoms with Gasteiger partial charge in [0.2, 0.25) is 5.91 Å². The van der Waals surface area contributed by atoms with Gasteiger partial charge in [-0.2, -0.15) is 0 Å². The van der Waals surface area contributed by atoms with E-state index < -0.39 is 0 Å². The van der Waals surface area contributed by atoms with Gasteiger partial charge in [-0.25, -0.2) is 0 Å². The van der Waals surface area contributed by atoms with Crippen LogP contribution in [0.5, 0.6) is 0 Å². The van der Waals surface area contributed by atoms with Gasteiger partial charge < -0.3 is 4.90 Å². The number of carbonyl (C=O) groups is 1. The first kappa shape index (κ1) is 11.2. The predicted molar refractivity (Wildman–Crippen MR) is 52.0 cm³/mol. The van der Waals surface area contributed by atoms with Crippen LogP contribution in [0, 0.1) is 0 Å². The molecule has 0 atom stereocenters. The Morgan fingerprint density at radius 1 is 1.25 bits per heavy atom. The number of carbonyl (C=O) groups excluding carboxylic acids is 1. The molecule has 0 rings (SSSR count). The molecule has 0 aliphatic heterocycles. The third-order valence-corrected chi connectivity index (χ3v) is 1.90. The summed E-state index contributed by atoms with van der Waals surface area (Å²) in [5.41, 5.74) is 0.862. The van der Waals surface area contributed by atoms with Gasteiger partial charge in [0.15, 0.2) is 0 Å². The van der Waals surface area contributed by atoms with E-state index in [-0.39, 0.29) is 5.91 Å². The quantitative estimate of drug-likeness (QED) is 0.591. The monoisotopic (exact) mass is 169 g/mol. The standard InChI is InChI=1S/C10H19NO/c1-5-8-9(4)10(12)11(6-2)7-3/h8H,5-7H2,1-4H3/b9-8+. The van der Waals surface area contributed by atoms with E-state index in [4.69, 9.17) is 0 Å². The second-order valence-corrected chi connectivity index (χ2v) is 2.77. The molecule has 0 aliphatic carbocycles. The molecular weight excluding hydrogens is 150 g/mol. The number of amides is 1. The summed E-state index contributed by atoms with van der Waals surface area (Å²) in [5.74, 6) is 0.168. The van der Waals surface area contributed by atoms with E-state index in [1.54, 1.807) is 0 Å². The van der Waals surface area contributed by atoms with Crippen molar-refractivity contribution in [2.45, 2.75) is 34.1 Å². The van der Waals surface area contributed by atoms with Crippen molar-refractivity contribution in [1.82, 2.24) is 4.90 Å². The maximum atomic E-state index is 11.6. The highest BCUT2D eigenvalue weighted by atomic mass is 16.2. The lowest BCUT2D eigenvalue weighted by molar-refractivity contribution is -0.126. The first-order valence-corrected chi connectivity index (χ1v) is 4.63. The van der Waals surface area contributed by atoms with Crippen molar-refractivity contribution in [1.29, 1.82) is 0 Å². The molecule has 0 aromatic carbocycles. The Labute approximate surface area is 75.3 Å². The highest BCUT2D eigenvalue weighted by molar-refractivity contribution is 5.92. The Kier molecular flexibility index (Phi) is 5.43. The van der Waals surface area contributed by atoms with E-state index in [0.717, 1.165) is 25.1 Å². The Morgan fingerprint density at radius 3 is 2.08 bits per heavy atom. The fourth-order valence-corrected chi connectivity index (χ4v) is 1.15. The molecule has 0 heterocycles. The van der Waals surface area contributed by atoms with Crippen molar-refractivity contribution in [3.63, 3.8) is 0 Å². The lowest BCUT2D eigenvalue weighted by atomic mass is 10.2. The SMILES string of the molecule is CC/C=C(\C)C(=O)N(CC)CC. The molecule has 12 heavy (non-hydrogen) atoms. The maximum absolute atomic E-state index is 11.6. The fraction of sp³-hybridized carbons (Fsp3) is 0.700. The molecular formula is C10H19NO. The van der Waals surface area contributed by atoms with Crippen molar-refractivity contribution in [3.8, 4) is 0 Å². The molecule has 0 saturated carbocycles. The summed E-state index contributed by atoms with van der Waals surface area (Å²) in [6.45, 7) is 9.51. The summed E-state index contributed by atoms with van der Waals surface area (Å²) in [4.78, 5) is 13.4. The molecule has 0 aromatic heterocycles. The summed E-state index contributed by atoms with van der Waals surface area (Å²) in [6.07, 6.45) is 2.90. The van der Waals surface area contributed by atoms with Crippen LogP contribution in [0.2, 0.25) is 0 Å². The van der Waals surface area contributed by atoms with Crippen molar-refractivity contribution >= 4 is 5.91 Å². The Bertz CT molecular complexity index is 169. The lowest BCUT2D eigenvalue weighted by Crippen LogP contribution is -2.30. The van der Waals surface area contributed by atoms with E-state index in [0.29, 0.717) is 0 Å². The number of rotatable bonds is 4. The van der Waals surface area contributed by atoms with E-state index in [2.05, 4.69) is 0 Å². The van der Waals surface area contributed by atoms with Crippen LogP contribution < -0.4 is 0 Å². The molecule has 1 amide bonds. The Hall–Kier alpha value is -0.790. The molecule has 70 valence electrons. The second kappa shape index (κ2) is 5.81. The molecule has 0 fully saturated rings. The van der Waals surface area contributed by atoms with Gasteiger partial charge in [-0.3, -0.25) is 4.79 Å². The summed E-state index contributed by atoms with van der Waals surface area (Å²) in [5, 5.41) is 0. The maximum Gasteiger partial charge on any atom is 0.249 e. The highest BCUT2D eigenvalue weighted by Gasteiger charge is 2.09. The van der Waals surface area contributed by atoms with Crippen LogP contribution in [0.3, 0.4) is 0 Å². The zero-order valence-corrected chi connectivity index (χ0v) is 8.55. The van der Waals surface area contributed by atoms with Crippen molar-refractivity contribution in [2.75, 3.05) is 13.1 Å². The van der Waals surface area contributed by atoms with E-state index in [1.807, 2.05) is 38.7 Å². The molecule has 2 nitrogen and oxygen atoms in total. The van der Waals surface area contributed by atoms with Gasteiger partial charge in [0.05, 0.1) is 0 Å². The molecule has 0 bridgehead atoms. The largest absolute Gasteiger partial charge is 0.340 e. The van der Waals surface area contributed by atoms with Crippen LogP contribution in [0.4, 0.5) is 0 Å². The molecule has 0 aliphatic rings. The van der Waals surface area contributed by atoms with E-state index in [9.17, 15) is 4.79 Å². The first-order chi connectivity index (χ1) is 5.67. The van der Waals surface area contributed by atoms with Crippen LogP contribution in [-0.4, -0.2) is 23.9 Å². The molecule has 0 radical (unpaired) electrons. The minimum absolute atomic E-state index is 0.168. The Balaban J connectivity index is 4.25. The lowest BCUT2D eigenvalue weighted by Gasteiger charge is -2.18. The van der Waals surface area contributed by atoms with Crippen LogP contribution in [-0.2, 0) is 4.79 Å². The normalized spacial score (nSPS) is 11.5. The van der Waals surface area contributed by atoms with Crippen LogP contribution in [0.15, 0.2) is 11.6 Å². The minimum atomic E-state index is 0.168. The van der Waals surface area contributed by atoms with Gasteiger partial charge in [-0.15, -0.1) is 0 Å². The van der Waals surface area contributed by atoms with E-state index in [1.165, 1.54) is 0 Å². The van der Waals surface area contributed by atoms with Crippen LogP contribution in [0.25, 0.3) is 0 Å². The van der Waals surface area contributed by atoms with Gasteiger partial charge in [0.25, 0.3) is 0 Å². The van der Waals surface area contributed by atoms with E-state index >= 15 is 0 Å². The topological polar surface area (TPSA) is 20.3 Å². The number of hydrogen-bond donors (Lipinski definition) is 0. The molecule has 0 spiro atoms. The minimum Gasteiger partial charge on any atom is -0.340 e. The number of allylic oxidation sites excluding steroid dienone is 1. The second-order valence-electron chi connectivity index (χ2n) is 2.77.